The lowest BCUT2D eigenvalue weighted by Crippen LogP contribution is -2.46. The molecule has 134 valence electrons. The van der Waals surface area contributed by atoms with Crippen LogP contribution in [0.3, 0.4) is 0 Å². The Kier molecular flexibility index (Phi) is 4.45. The first-order valence-corrected chi connectivity index (χ1v) is 9.29. The van der Waals surface area contributed by atoms with Gasteiger partial charge in [-0.2, -0.15) is 5.10 Å². The normalized spacial score (nSPS) is 17.6. The van der Waals surface area contributed by atoms with E-state index in [0.717, 1.165) is 54.6 Å². The summed E-state index contributed by atoms with van der Waals surface area (Å²) in [5.41, 5.74) is 3.65. The lowest BCUT2D eigenvalue weighted by molar-refractivity contribution is 0.0584. The molecule has 3 aromatic rings. The van der Waals surface area contributed by atoms with Crippen LogP contribution >= 0.6 is 0 Å². The summed E-state index contributed by atoms with van der Waals surface area (Å²) in [5, 5.41) is 5.59. The second kappa shape index (κ2) is 6.90. The molecule has 1 saturated heterocycles. The molecule has 1 amide bonds. The Labute approximate surface area is 153 Å². The van der Waals surface area contributed by atoms with Crippen LogP contribution < -0.4 is 0 Å². The summed E-state index contributed by atoms with van der Waals surface area (Å²) in [4.78, 5) is 19.9. The summed E-state index contributed by atoms with van der Waals surface area (Å²) < 4.78 is 2.03. The SMILES string of the molecule is Cc1cc(C)n(CC2CCCCN2C(=O)c2cccc3cccnc23)n1. The number of hydrogen-bond acceptors (Lipinski definition) is 3. The molecule has 1 unspecified atom stereocenters. The summed E-state index contributed by atoms with van der Waals surface area (Å²) >= 11 is 0. The van der Waals surface area contributed by atoms with Crippen LogP contribution in [-0.4, -0.2) is 38.2 Å². The molecular weight excluding hydrogens is 324 g/mol. The van der Waals surface area contributed by atoms with E-state index in [4.69, 9.17) is 0 Å². The molecule has 2 aromatic heterocycles. The number of benzene rings is 1. The number of hydrogen-bond donors (Lipinski definition) is 0. The number of amides is 1. The Balaban J connectivity index is 1.65. The number of pyridine rings is 1. The fourth-order valence-electron chi connectivity index (χ4n) is 3.95. The second-order valence-electron chi connectivity index (χ2n) is 7.14. The lowest BCUT2D eigenvalue weighted by Gasteiger charge is -2.36. The molecule has 1 aliphatic heterocycles. The van der Waals surface area contributed by atoms with Gasteiger partial charge in [0.1, 0.15) is 0 Å². The molecule has 0 aliphatic carbocycles. The number of rotatable bonds is 3. The second-order valence-corrected chi connectivity index (χ2v) is 7.14. The third-order valence-corrected chi connectivity index (χ3v) is 5.24. The summed E-state index contributed by atoms with van der Waals surface area (Å²) in [7, 11) is 0. The van der Waals surface area contributed by atoms with Gasteiger partial charge >= 0.3 is 0 Å². The van der Waals surface area contributed by atoms with Crippen molar-refractivity contribution in [2.75, 3.05) is 6.54 Å². The first kappa shape index (κ1) is 16.8. The number of carbonyl (C=O) groups excluding carboxylic acids is 1. The molecule has 0 saturated carbocycles. The van der Waals surface area contributed by atoms with Gasteiger partial charge in [-0.1, -0.05) is 18.2 Å². The molecule has 0 bridgehead atoms. The van der Waals surface area contributed by atoms with Crippen LogP contribution in [0.5, 0.6) is 0 Å². The van der Waals surface area contributed by atoms with E-state index in [1.54, 1.807) is 6.20 Å². The number of nitrogens with zero attached hydrogens (tertiary/aromatic N) is 4. The summed E-state index contributed by atoms with van der Waals surface area (Å²) in [5.74, 6) is 0.0838. The number of aromatic nitrogens is 3. The Morgan fingerprint density at radius 2 is 2.04 bits per heavy atom. The zero-order chi connectivity index (χ0) is 18.1. The first-order valence-electron chi connectivity index (χ1n) is 9.29. The zero-order valence-electron chi connectivity index (χ0n) is 15.4. The van der Waals surface area contributed by atoms with Gasteiger partial charge in [-0.05, 0) is 51.3 Å². The molecular formula is C21H24N4O. The molecule has 3 heterocycles. The highest BCUT2D eigenvalue weighted by atomic mass is 16.2. The minimum absolute atomic E-state index is 0.0838. The Bertz CT molecular complexity index is 941. The van der Waals surface area contributed by atoms with E-state index in [1.807, 2.05) is 46.8 Å². The summed E-state index contributed by atoms with van der Waals surface area (Å²) in [6.07, 6.45) is 4.98. The van der Waals surface area contributed by atoms with Crippen molar-refractivity contribution < 1.29 is 4.79 Å². The van der Waals surface area contributed by atoms with E-state index in [2.05, 4.69) is 23.1 Å². The summed E-state index contributed by atoms with van der Waals surface area (Å²) in [6, 6.07) is 12.0. The van der Waals surface area contributed by atoms with Crippen LogP contribution in [0, 0.1) is 13.8 Å². The largest absolute Gasteiger partial charge is 0.334 e. The van der Waals surface area contributed by atoms with Crippen LogP contribution in [0.1, 0.15) is 41.0 Å². The van der Waals surface area contributed by atoms with Gasteiger partial charge in [0.05, 0.1) is 29.4 Å². The van der Waals surface area contributed by atoms with E-state index in [0.29, 0.717) is 5.56 Å². The van der Waals surface area contributed by atoms with Crippen molar-refractivity contribution in [3.05, 3.63) is 59.5 Å². The van der Waals surface area contributed by atoms with E-state index in [9.17, 15) is 4.79 Å². The fourth-order valence-corrected chi connectivity index (χ4v) is 3.95. The number of likely N-dealkylation sites (tertiary alicyclic amines) is 1. The Morgan fingerprint density at radius 1 is 1.19 bits per heavy atom. The molecule has 1 aromatic carbocycles. The average Bonchev–Trinajstić information content (AvgIpc) is 2.98. The smallest absolute Gasteiger partial charge is 0.256 e. The maximum atomic E-state index is 13.4. The van der Waals surface area contributed by atoms with Crippen LogP contribution in [0.2, 0.25) is 0 Å². The predicted molar refractivity (Wildman–Crippen MR) is 102 cm³/mol. The lowest BCUT2D eigenvalue weighted by atomic mass is 9.99. The number of carbonyl (C=O) groups is 1. The van der Waals surface area contributed by atoms with Gasteiger partial charge in [-0.25, -0.2) is 0 Å². The fraction of sp³-hybridized carbons (Fsp3) is 0.381. The number of piperidine rings is 1. The molecule has 4 rings (SSSR count). The number of para-hydroxylation sites is 1. The monoisotopic (exact) mass is 348 g/mol. The minimum Gasteiger partial charge on any atom is -0.334 e. The highest BCUT2D eigenvalue weighted by molar-refractivity contribution is 6.05. The maximum Gasteiger partial charge on any atom is 0.256 e. The molecule has 26 heavy (non-hydrogen) atoms. The van der Waals surface area contributed by atoms with Crippen LogP contribution in [-0.2, 0) is 6.54 Å². The molecule has 5 heteroatoms. The van der Waals surface area contributed by atoms with Gasteiger partial charge in [-0.3, -0.25) is 14.5 Å². The zero-order valence-corrected chi connectivity index (χ0v) is 15.4. The van der Waals surface area contributed by atoms with Gasteiger partial charge in [0.25, 0.3) is 5.91 Å². The quantitative estimate of drug-likeness (QED) is 0.724. The molecule has 0 N–H and O–H groups in total. The molecule has 1 atom stereocenters. The van der Waals surface area contributed by atoms with E-state index in [-0.39, 0.29) is 11.9 Å². The van der Waals surface area contributed by atoms with E-state index >= 15 is 0 Å². The summed E-state index contributed by atoms with van der Waals surface area (Å²) in [6.45, 7) is 5.63. The number of fused-ring (bicyclic) bond motifs is 1. The van der Waals surface area contributed by atoms with Gasteiger partial charge in [-0.15, -0.1) is 0 Å². The molecule has 5 nitrogen and oxygen atoms in total. The first-order chi connectivity index (χ1) is 12.6. The van der Waals surface area contributed by atoms with Crippen LogP contribution in [0.4, 0.5) is 0 Å². The third-order valence-electron chi connectivity index (χ3n) is 5.24. The van der Waals surface area contributed by atoms with Gasteiger partial charge in [0.15, 0.2) is 0 Å². The van der Waals surface area contributed by atoms with Crippen molar-refractivity contribution in [3.63, 3.8) is 0 Å². The van der Waals surface area contributed by atoms with Crippen molar-refractivity contribution in [1.29, 1.82) is 0 Å². The number of aryl methyl sites for hydroxylation is 2. The van der Waals surface area contributed by atoms with Gasteiger partial charge < -0.3 is 4.90 Å². The van der Waals surface area contributed by atoms with Crippen molar-refractivity contribution in [2.45, 2.75) is 45.7 Å². The minimum atomic E-state index is 0.0838. The molecule has 1 aliphatic rings. The Morgan fingerprint density at radius 3 is 2.85 bits per heavy atom. The van der Waals surface area contributed by atoms with Crippen molar-refractivity contribution in [3.8, 4) is 0 Å². The van der Waals surface area contributed by atoms with Gasteiger partial charge in [0, 0.05) is 23.8 Å². The van der Waals surface area contributed by atoms with Crippen molar-refractivity contribution in [2.24, 2.45) is 0 Å². The van der Waals surface area contributed by atoms with Crippen LogP contribution in [0.15, 0.2) is 42.6 Å². The highest BCUT2D eigenvalue weighted by Gasteiger charge is 2.29. The standard InChI is InChI=1S/C21H24N4O/c1-15-13-16(2)25(23-15)14-18-9-3-4-12-24(18)21(26)19-10-5-7-17-8-6-11-22-20(17)19/h5-8,10-11,13,18H,3-4,9,12,14H2,1-2H3. The van der Waals surface area contributed by atoms with Crippen molar-refractivity contribution in [1.82, 2.24) is 19.7 Å². The third kappa shape index (κ3) is 3.09. The molecule has 0 spiro atoms. The molecule has 0 radical (unpaired) electrons. The predicted octanol–water partition coefficient (Wildman–Crippen LogP) is 3.74. The average molecular weight is 348 g/mol. The maximum absolute atomic E-state index is 13.4. The van der Waals surface area contributed by atoms with E-state index in [1.165, 1.54) is 0 Å². The molecule has 1 fully saturated rings. The Hall–Kier alpha value is -2.69. The van der Waals surface area contributed by atoms with E-state index < -0.39 is 0 Å². The van der Waals surface area contributed by atoms with Crippen molar-refractivity contribution >= 4 is 16.8 Å². The van der Waals surface area contributed by atoms with Gasteiger partial charge in [0.2, 0.25) is 0 Å². The highest BCUT2D eigenvalue weighted by Crippen LogP contribution is 2.24. The topological polar surface area (TPSA) is 51.0 Å². The van der Waals surface area contributed by atoms with Crippen LogP contribution in [0.25, 0.3) is 10.9 Å².